The molecule has 0 spiro atoms. The molecule has 1 unspecified atom stereocenters. The van der Waals surface area contributed by atoms with Gasteiger partial charge in [-0.2, -0.15) is 0 Å². The molecular weight excluding hydrogens is 412 g/mol. The molecule has 0 aromatic heterocycles. The van der Waals surface area contributed by atoms with Gasteiger partial charge in [0, 0.05) is 6.42 Å². The van der Waals surface area contributed by atoms with Crippen LogP contribution in [0.3, 0.4) is 0 Å². The van der Waals surface area contributed by atoms with E-state index < -0.39 is 23.1 Å². The van der Waals surface area contributed by atoms with Gasteiger partial charge in [-0.3, -0.25) is 14.4 Å². The number of hydrogen-bond donors (Lipinski definition) is 4. The Morgan fingerprint density at radius 2 is 1.62 bits per heavy atom. The minimum atomic E-state index is -0.900. The van der Waals surface area contributed by atoms with Crippen LogP contribution in [0.4, 0.5) is 0 Å². The van der Waals surface area contributed by atoms with Crippen LogP contribution >= 0.6 is 0 Å². The molecule has 182 valence electrons. The summed E-state index contributed by atoms with van der Waals surface area (Å²) in [5, 5.41) is 5.14. The van der Waals surface area contributed by atoms with Crippen LogP contribution in [0.25, 0.3) is 0 Å². The van der Waals surface area contributed by atoms with Gasteiger partial charge < -0.3 is 31.6 Å². The van der Waals surface area contributed by atoms with Crippen LogP contribution in [0.2, 0.25) is 0 Å². The lowest BCUT2D eigenvalue weighted by atomic mass is 10.1. The van der Waals surface area contributed by atoms with Crippen molar-refractivity contribution >= 4 is 24.1 Å². The average molecular weight is 453 g/mol. The number of primary amides is 1. The predicted molar refractivity (Wildman–Crippen MR) is 126 cm³/mol. The zero-order valence-corrected chi connectivity index (χ0v) is 20.4. The number of hydrogen-bond acceptors (Lipinski definition) is 7. The fourth-order valence-corrected chi connectivity index (χ4v) is 1.94. The fraction of sp³-hybridized carbons (Fsp3) is 0.565. The number of benzene rings is 1. The largest absolute Gasteiger partial charge is 0.459 e. The number of carbonyl (C=O) groups is 4. The molecule has 9 heteroatoms. The van der Waals surface area contributed by atoms with Crippen LogP contribution < -0.4 is 22.1 Å². The molecule has 0 fully saturated rings. The third kappa shape index (κ3) is 19.2. The summed E-state index contributed by atoms with van der Waals surface area (Å²) in [7, 11) is 1.65. The van der Waals surface area contributed by atoms with Crippen LogP contribution in [0.1, 0.15) is 53.0 Å². The summed E-state index contributed by atoms with van der Waals surface area (Å²) in [6.07, 6.45) is 1.15. The Labute approximate surface area is 191 Å². The standard InChI is InChI=1S/C10H20N2O3.C7H8.C6H12N2O2/c1-10(2,3)15-9(14)7(12-4)5-6-8(11)13;1-7-5-3-2-4-6-7;1-6(2,7)5(10)8-3-4-9/h7,12H,5-6H2,1-4H3,(H2,11,13);2-6H,1H3;4H,3,7H2,1-2H3,(H,8,10). The van der Waals surface area contributed by atoms with E-state index in [1.54, 1.807) is 41.7 Å². The van der Waals surface area contributed by atoms with Gasteiger partial charge >= 0.3 is 5.97 Å². The molecule has 1 aromatic carbocycles. The molecule has 0 aliphatic carbocycles. The van der Waals surface area contributed by atoms with Crippen LogP contribution in [-0.2, 0) is 23.9 Å². The quantitative estimate of drug-likeness (QED) is 0.341. The van der Waals surface area contributed by atoms with Gasteiger partial charge in [-0.25, -0.2) is 0 Å². The maximum absolute atomic E-state index is 11.6. The Hall–Kier alpha value is -2.78. The zero-order chi connectivity index (χ0) is 25.4. The molecule has 9 nitrogen and oxygen atoms in total. The maximum atomic E-state index is 11.6. The minimum Gasteiger partial charge on any atom is -0.459 e. The van der Waals surface area contributed by atoms with Crippen LogP contribution in [-0.4, -0.2) is 54.8 Å². The molecule has 0 bridgehead atoms. The molecule has 0 radical (unpaired) electrons. The van der Waals surface area contributed by atoms with Gasteiger partial charge in [0.2, 0.25) is 11.8 Å². The molecule has 0 aliphatic rings. The molecule has 2 amide bonds. The Morgan fingerprint density at radius 3 is 1.94 bits per heavy atom. The number of likely N-dealkylation sites (N-methyl/N-ethyl adjacent to an activating group) is 1. The fourth-order valence-electron chi connectivity index (χ4n) is 1.94. The molecule has 6 N–H and O–H groups in total. The highest BCUT2D eigenvalue weighted by Crippen LogP contribution is 2.10. The van der Waals surface area contributed by atoms with E-state index in [9.17, 15) is 19.2 Å². The zero-order valence-electron chi connectivity index (χ0n) is 20.4. The number of nitrogens with one attached hydrogen (secondary N) is 2. The van der Waals surface area contributed by atoms with Crippen molar-refractivity contribution in [3.05, 3.63) is 35.9 Å². The summed E-state index contributed by atoms with van der Waals surface area (Å²) in [4.78, 5) is 42.7. The minimum absolute atomic E-state index is 0.0272. The number of ether oxygens (including phenoxy) is 1. The summed E-state index contributed by atoms with van der Waals surface area (Å²) in [6.45, 7) is 10.7. The van der Waals surface area contributed by atoms with E-state index in [4.69, 9.17) is 16.2 Å². The second-order valence-corrected chi connectivity index (χ2v) is 8.63. The van der Waals surface area contributed by atoms with E-state index in [1.807, 2.05) is 18.2 Å². The molecule has 1 aromatic rings. The first-order valence-corrected chi connectivity index (χ1v) is 10.3. The van der Waals surface area contributed by atoms with Gasteiger partial charge in [0.1, 0.15) is 17.9 Å². The number of aryl methyl sites for hydroxylation is 1. The molecular formula is C23H40N4O5. The van der Waals surface area contributed by atoms with E-state index in [0.29, 0.717) is 12.7 Å². The molecule has 0 saturated carbocycles. The van der Waals surface area contributed by atoms with Gasteiger partial charge in [-0.1, -0.05) is 35.9 Å². The SMILES string of the molecule is CC(C)(N)C(=O)NCC=O.CNC(CCC(N)=O)C(=O)OC(C)(C)C.Cc1ccccc1. The van der Waals surface area contributed by atoms with Crippen molar-refractivity contribution in [3.63, 3.8) is 0 Å². The van der Waals surface area contributed by atoms with Crippen LogP contribution in [0.5, 0.6) is 0 Å². The third-order valence-corrected chi connectivity index (χ3v) is 3.59. The molecule has 1 atom stereocenters. The van der Waals surface area contributed by atoms with Crippen molar-refractivity contribution in [2.75, 3.05) is 13.6 Å². The van der Waals surface area contributed by atoms with E-state index >= 15 is 0 Å². The first kappa shape index (κ1) is 31.4. The second kappa shape index (κ2) is 15.9. The first-order valence-electron chi connectivity index (χ1n) is 10.3. The topological polar surface area (TPSA) is 154 Å². The van der Waals surface area contributed by atoms with Crippen LogP contribution in [0, 0.1) is 6.92 Å². The van der Waals surface area contributed by atoms with E-state index in [1.165, 1.54) is 5.56 Å². The van der Waals surface area contributed by atoms with Crippen molar-refractivity contribution in [1.82, 2.24) is 10.6 Å². The van der Waals surface area contributed by atoms with E-state index in [2.05, 4.69) is 29.7 Å². The predicted octanol–water partition coefficient (Wildman–Crippen LogP) is 1.22. The average Bonchev–Trinajstić information content (AvgIpc) is 2.66. The first-order chi connectivity index (χ1) is 14.6. The van der Waals surface area contributed by atoms with Crippen molar-refractivity contribution in [3.8, 4) is 0 Å². The van der Waals surface area contributed by atoms with Crippen molar-refractivity contribution < 1.29 is 23.9 Å². The highest BCUT2D eigenvalue weighted by atomic mass is 16.6. The second-order valence-electron chi connectivity index (χ2n) is 8.63. The number of rotatable bonds is 8. The number of esters is 1. The molecule has 0 heterocycles. The Kier molecular flexibility index (Phi) is 15.6. The van der Waals surface area contributed by atoms with Gasteiger partial charge in [-0.15, -0.1) is 0 Å². The number of nitrogens with two attached hydrogens (primary N) is 2. The summed E-state index contributed by atoms with van der Waals surface area (Å²) in [5.41, 5.74) is 10.3. The van der Waals surface area contributed by atoms with Crippen molar-refractivity contribution in [1.29, 1.82) is 0 Å². The van der Waals surface area contributed by atoms with Crippen molar-refractivity contribution in [2.24, 2.45) is 11.5 Å². The van der Waals surface area contributed by atoms with Gasteiger partial charge in [0.05, 0.1) is 12.1 Å². The highest BCUT2D eigenvalue weighted by molar-refractivity contribution is 5.86. The lowest BCUT2D eigenvalue weighted by Gasteiger charge is -2.23. The summed E-state index contributed by atoms with van der Waals surface area (Å²) < 4.78 is 5.17. The van der Waals surface area contributed by atoms with Crippen LogP contribution in [0.15, 0.2) is 30.3 Å². The lowest BCUT2D eigenvalue weighted by molar-refractivity contribution is -0.157. The van der Waals surface area contributed by atoms with E-state index in [0.717, 1.165) is 0 Å². The van der Waals surface area contributed by atoms with Crippen molar-refractivity contribution in [2.45, 2.75) is 71.6 Å². The number of amides is 2. The highest BCUT2D eigenvalue weighted by Gasteiger charge is 2.24. The van der Waals surface area contributed by atoms with Gasteiger partial charge in [0.15, 0.2) is 0 Å². The Bertz CT molecular complexity index is 695. The normalized spacial score (nSPS) is 11.5. The molecule has 32 heavy (non-hydrogen) atoms. The maximum Gasteiger partial charge on any atom is 0.323 e. The summed E-state index contributed by atoms with van der Waals surface area (Å²) in [6, 6.07) is 9.79. The summed E-state index contributed by atoms with van der Waals surface area (Å²) >= 11 is 0. The monoisotopic (exact) mass is 452 g/mol. The molecule has 1 rings (SSSR count). The Morgan fingerprint density at radius 1 is 1.09 bits per heavy atom. The molecule has 0 aliphatic heterocycles. The third-order valence-electron chi connectivity index (χ3n) is 3.59. The lowest BCUT2D eigenvalue weighted by Crippen LogP contribution is -2.49. The smallest absolute Gasteiger partial charge is 0.323 e. The number of carbonyl (C=O) groups excluding carboxylic acids is 4. The number of aldehydes is 1. The molecule has 0 saturated heterocycles. The Balaban J connectivity index is 0. The van der Waals surface area contributed by atoms with Gasteiger partial charge in [-0.05, 0) is 55.0 Å². The van der Waals surface area contributed by atoms with E-state index in [-0.39, 0.29) is 24.8 Å². The summed E-state index contributed by atoms with van der Waals surface area (Å²) in [5.74, 6) is -1.09. The van der Waals surface area contributed by atoms with Gasteiger partial charge in [0.25, 0.3) is 0 Å².